The SMILES string of the molecule is Cc1cc([C@@H]2[C@H](C(=O)Nc3cccc(C(F)(F)F)c3)[C@@H]3O[C@H]2C2C(C)C23)ccn1. The molecule has 2 saturated heterocycles. The number of nitrogens with one attached hydrogen (secondary N) is 1. The van der Waals surface area contributed by atoms with Gasteiger partial charge in [0, 0.05) is 23.5 Å². The minimum absolute atomic E-state index is 0.0286. The zero-order valence-electron chi connectivity index (χ0n) is 16.0. The molecule has 1 aromatic heterocycles. The van der Waals surface area contributed by atoms with Crippen LogP contribution in [-0.2, 0) is 15.7 Å². The van der Waals surface area contributed by atoms with E-state index in [2.05, 4.69) is 17.2 Å². The number of aryl methyl sites for hydroxylation is 1. The predicted molar refractivity (Wildman–Crippen MR) is 100 cm³/mol. The Hall–Kier alpha value is -2.41. The van der Waals surface area contributed by atoms with Gasteiger partial charge in [-0.25, -0.2) is 0 Å². The normalized spacial score (nSPS) is 34.7. The number of fused-ring (bicyclic) bond motifs is 5. The second-order valence-corrected chi connectivity index (χ2v) is 8.43. The standard InChI is InChI=1S/C22H21F3N2O2/c1-10-8-12(6-7-26-10)17-18(20-16-11(2)15(16)19(17)29-20)21(28)27-14-5-3-4-13(9-14)22(23,24)25/h3-9,11,15-20H,1-2H3,(H,27,28)/t11?,15?,16?,17-,18+,19+,20-/m1/s1. The van der Waals surface area contributed by atoms with Gasteiger partial charge in [-0.2, -0.15) is 13.2 Å². The molecule has 152 valence electrons. The summed E-state index contributed by atoms with van der Waals surface area (Å²) in [7, 11) is 0. The van der Waals surface area contributed by atoms with Crippen LogP contribution in [0.2, 0.25) is 0 Å². The summed E-state index contributed by atoms with van der Waals surface area (Å²) < 4.78 is 45.2. The Labute approximate surface area is 166 Å². The van der Waals surface area contributed by atoms with Crippen LogP contribution < -0.4 is 5.32 Å². The van der Waals surface area contributed by atoms with Crippen molar-refractivity contribution < 1.29 is 22.7 Å². The summed E-state index contributed by atoms with van der Waals surface area (Å²) in [6.07, 6.45) is -2.95. The quantitative estimate of drug-likeness (QED) is 0.828. The van der Waals surface area contributed by atoms with E-state index in [9.17, 15) is 18.0 Å². The third-order valence-electron chi connectivity index (χ3n) is 6.75. The maximum absolute atomic E-state index is 13.2. The molecule has 1 aliphatic carbocycles. The van der Waals surface area contributed by atoms with E-state index < -0.39 is 17.7 Å². The lowest BCUT2D eigenvalue weighted by molar-refractivity contribution is -0.137. The molecule has 1 saturated carbocycles. The molecule has 1 aromatic carbocycles. The van der Waals surface area contributed by atoms with E-state index >= 15 is 0 Å². The molecule has 7 heteroatoms. The molecule has 3 unspecified atom stereocenters. The van der Waals surface area contributed by atoms with Crippen LogP contribution in [0.3, 0.4) is 0 Å². The van der Waals surface area contributed by atoms with Crippen LogP contribution in [0.15, 0.2) is 42.6 Å². The van der Waals surface area contributed by atoms with Crippen LogP contribution in [0.4, 0.5) is 18.9 Å². The molecule has 7 atom stereocenters. The highest BCUT2D eigenvalue weighted by atomic mass is 19.4. The Morgan fingerprint density at radius 2 is 1.90 bits per heavy atom. The number of hydrogen-bond donors (Lipinski definition) is 1. The predicted octanol–water partition coefficient (Wildman–Crippen LogP) is 4.41. The largest absolute Gasteiger partial charge is 0.416 e. The molecular formula is C22H21F3N2O2. The number of nitrogens with zero attached hydrogens (tertiary/aromatic N) is 1. The summed E-state index contributed by atoms with van der Waals surface area (Å²) >= 11 is 0. The smallest absolute Gasteiger partial charge is 0.373 e. The van der Waals surface area contributed by atoms with Crippen molar-refractivity contribution in [2.45, 2.75) is 38.1 Å². The van der Waals surface area contributed by atoms with Gasteiger partial charge in [0.2, 0.25) is 5.91 Å². The van der Waals surface area contributed by atoms with Crippen molar-refractivity contribution in [3.63, 3.8) is 0 Å². The molecule has 29 heavy (non-hydrogen) atoms. The minimum Gasteiger partial charge on any atom is -0.373 e. The molecule has 0 spiro atoms. The van der Waals surface area contributed by atoms with E-state index in [1.54, 1.807) is 6.20 Å². The Bertz CT molecular complexity index is 977. The second-order valence-electron chi connectivity index (χ2n) is 8.43. The fraction of sp³-hybridized carbons (Fsp3) is 0.455. The average Bonchev–Trinajstić information content (AvgIpc) is 3.03. The number of rotatable bonds is 3. The minimum atomic E-state index is -4.45. The van der Waals surface area contributed by atoms with Crippen LogP contribution in [0, 0.1) is 30.6 Å². The molecule has 1 amide bonds. The number of carbonyl (C=O) groups is 1. The lowest BCUT2D eigenvalue weighted by Gasteiger charge is -2.27. The van der Waals surface area contributed by atoms with Crippen molar-refractivity contribution in [2.75, 3.05) is 5.32 Å². The average molecular weight is 402 g/mol. The topological polar surface area (TPSA) is 51.2 Å². The zero-order valence-corrected chi connectivity index (χ0v) is 16.0. The summed E-state index contributed by atoms with van der Waals surface area (Å²) in [5.74, 6) is 0.498. The van der Waals surface area contributed by atoms with E-state index in [4.69, 9.17) is 4.74 Å². The highest BCUT2D eigenvalue weighted by Gasteiger charge is 2.72. The van der Waals surface area contributed by atoms with E-state index in [1.165, 1.54) is 12.1 Å². The van der Waals surface area contributed by atoms with Gasteiger partial charge < -0.3 is 10.1 Å². The number of aromatic nitrogens is 1. The molecule has 2 bridgehead atoms. The maximum atomic E-state index is 13.2. The lowest BCUT2D eigenvalue weighted by Crippen LogP contribution is -2.37. The Morgan fingerprint density at radius 1 is 1.14 bits per heavy atom. The van der Waals surface area contributed by atoms with Gasteiger partial charge in [0.1, 0.15) is 0 Å². The fourth-order valence-electron chi connectivity index (χ4n) is 5.46. The maximum Gasteiger partial charge on any atom is 0.416 e. The van der Waals surface area contributed by atoms with Gasteiger partial charge in [0.05, 0.1) is 23.7 Å². The van der Waals surface area contributed by atoms with Crippen molar-refractivity contribution in [1.82, 2.24) is 4.98 Å². The number of halogens is 3. The van der Waals surface area contributed by atoms with Crippen molar-refractivity contribution in [1.29, 1.82) is 0 Å². The van der Waals surface area contributed by atoms with Crippen LogP contribution in [0.25, 0.3) is 0 Å². The summed E-state index contributed by atoms with van der Waals surface area (Å²) in [6, 6.07) is 8.64. The highest BCUT2D eigenvalue weighted by molar-refractivity contribution is 5.94. The monoisotopic (exact) mass is 402 g/mol. The molecule has 3 aliphatic rings. The zero-order chi connectivity index (χ0) is 20.5. The summed E-state index contributed by atoms with van der Waals surface area (Å²) in [4.78, 5) is 17.5. The number of amides is 1. The van der Waals surface area contributed by atoms with Gasteiger partial charge in [-0.3, -0.25) is 9.78 Å². The molecule has 1 N–H and O–H groups in total. The second kappa shape index (κ2) is 6.29. The van der Waals surface area contributed by atoms with E-state index in [0.717, 1.165) is 23.4 Å². The Balaban J connectivity index is 1.45. The highest BCUT2D eigenvalue weighted by Crippen LogP contribution is 2.68. The van der Waals surface area contributed by atoms with Gasteiger partial charge >= 0.3 is 6.18 Å². The van der Waals surface area contributed by atoms with Gasteiger partial charge in [-0.05, 0) is 60.6 Å². The number of anilines is 1. The molecule has 3 heterocycles. The van der Waals surface area contributed by atoms with Gasteiger partial charge in [0.15, 0.2) is 0 Å². The van der Waals surface area contributed by atoms with Crippen molar-refractivity contribution in [2.24, 2.45) is 23.7 Å². The van der Waals surface area contributed by atoms with Gasteiger partial charge in [0.25, 0.3) is 0 Å². The molecule has 0 radical (unpaired) electrons. The van der Waals surface area contributed by atoms with Crippen LogP contribution in [0.1, 0.15) is 29.7 Å². The van der Waals surface area contributed by atoms with Gasteiger partial charge in [-0.1, -0.05) is 13.0 Å². The number of pyridine rings is 1. The Kier molecular flexibility index (Phi) is 4.04. The first-order valence-electron chi connectivity index (χ1n) is 9.82. The van der Waals surface area contributed by atoms with Crippen LogP contribution in [0.5, 0.6) is 0 Å². The summed E-state index contributed by atoms with van der Waals surface area (Å²) in [6.45, 7) is 4.08. The first kappa shape index (κ1) is 18.6. The molecule has 2 aliphatic heterocycles. The third-order valence-corrected chi connectivity index (χ3v) is 6.75. The molecule has 2 aromatic rings. The summed E-state index contributed by atoms with van der Waals surface area (Å²) in [5.41, 5.74) is 1.24. The van der Waals surface area contributed by atoms with Crippen molar-refractivity contribution >= 4 is 11.6 Å². The molecular weight excluding hydrogens is 381 g/mol. The number of benzene rings is 1. The lowest BCUT2D eigenvalue weighted by atomic mass is 9.75. The van der Waals surface area contributed by atoms with Crippen LogP contribution in [-0.4, -0.2) is 23.1 Å². The van der Waals surface area contributed by atoms with E-state index in [1.807, 2.05) is 19.1 Å². The fourth-order valence-corrected chi connectivity index (χ4v) is 5.46. The number of ether oxygens (including phenoxy) is 1. The van der Waals surface area contributed by atoms with Crippen molar-refractivity contribution in [3.8, 4) is 0 Å². The molecule has 5 rings (SSSR count). The number of alkyl halides is 3. The van der Waals surface area contributed by atoms with E-state index in [-0.39, 0.29) is 29.7 Å². The Morgan fingerprint density at radius 3 is 2.62 bits per heavy atom. The first-order chi connectivity index (χ1) is 13.8. The molecule has 4 nitrogen and oxygen atoms in total. The molecule has 3 fully saturated rings. The van der Waals surface area contributed by atoms with Crippen molar-refractivity contribution in [3.05, 3.63) is 59.4 Å². The number of carbonyl (C=O) groups excluding carboxylic acids is 1. The van der Waals surface area contributed by atoms with Gasteiger partial charge in [-0.15, -0.1) is 0 Å². The van der Waals surface area contributed by atoms with Crippen LogP contribution >= 0.6 is 0 Å². The first-order valence-corrected chi connectivity index (χ1v) is 9.82. The summed E-state index contributed by atoms with van der Waals surface area (Å²) in [5, 5.41) is 2.71. The number of hydrogen-bond acceptors (Lipinski definition) is 3. The third kappa shape index (κ3) is 2.94. The van der Waals surface area contributed by atoms with E-state index in [0.29, 0.717) is 17.8 Å².